The van der Waals surface area contributed by atoms with Crippen molar-refractivity contribution in [1.82, 2.24) is 5.32 Å². The predicted octanol–water partition coefficient (Wildman–Crippen LogP) is -0.374. The summed E-state index contributed by atoms with van der Waals surface area (Å²) >= 11 is 0. The Balaban J connectivity index is 2.27. The number of amides is 1. The number of aryl methyl sites for hydroxylation is 2. The number of carbonyl (C=O) groups excluding carboxylic acids is 1. The van der Waals surface area contributed by atoms with Gasteiger partial charge in [0.1, 0.15) is 30.1 Å². The summed E-state index contributed by atoms with van der Waals surface area (Å²) < 4.78 is 11.3. The second kappa shape index (κ2) is 7.27. The largest absolute Gasteiger partial charge is 0.462 e. The molecule has 0 bridgehead atoms. The number of benzene rings is 1. The quantitative estimate of drug-likeness (QED) is 0.601. The Morgan fingerprint density at radius 1 is 1.30 bits per heavy atom. The molecule has 0 aromatic heterocycles. The average Bonchev–Trinajstić information content (AvgIpc) is 2.49. The highest BCUT2D eigenvalue weighted by atomic mass is 16.7. The van der Waals surface area contributed by atoms with E-state index in [1.54, 1.807) is 0 Å². The first-order valence-corrected chi connectivity index (χ1v) is 7.47. The van der Waals surface area contributed by atoms with Crippen LogP contribution in [0.25, 0.3) is 0 Å². The van der Waals surface area contributed by atoms with Crippen molar-refractivity contribution >= 4 is 5.91 Å². The van der Waals surface area contributed by atoms with Crippen LogP contribution in [0.3, 0.4) is 0 Å². The van der Waals surface area contributed by atoms with Gasteiger partial charge in [-0.05, 0) is 31.0 Å². The van der Waals surface area contributed by atoms with Gasteiger partial charge in [0.25, 0.3) is 0 Å². The van der Waals surface area contributed by atoms with Gasteiger partial charge >= 0.3 is 0 Å². The third kappa shape index (κ3) is 4.00. The van der Waals surface area contributed by atoms with Crippen LogP contribution < -0.4 is 10.1 Å². The normalized spacial score (nSPS) is 30.8. The highest BCUT2D eigenvalue weighted by Gasteiger charge is 2.46. The number of aliphatic hydroxyl groups is 3. The maximum atomic E-state index is 11.4. The molecule has 7 heteroatoms. The standard InChI is InChI=1S/C16H23NO6/c1-8-4-5-9(2)11(6-8)22-16-13(17-10(3)19)15(21)14(20)12(7-18)23-16/h4-6,12-16,18,20-21H,7H2,1-3H3,(H,17,19)/t12-,13+,14-,15-,16-/m1/s1. The van der Waals surface area contributed by atoms with Gasteiger partial charge in [0.2, 0.25) is 12.2 Å². The molecule has 1 amide bonds. The van der Waals surface area contributed by atoms with Crippen LogP contribution in [0.1, 0.15) is 18.1 Å². The van der Waals surface area contributed by atoms with Crippen molar-refractivity contribution in [2.75, 3.05) is 6.61 Å². The van der Waals surface area contributed by atoms with Gasteiger partial charge in [-0.1, -0.05) is 12.1 Å². The van der Waals surface area contributed by atoms with Crippen LogP contribution in [0.5, 0.6) is 5.75 Å². The van der Waals surface area contributed by atoms with E-state index in [0.29, 0.717) is 5.75 Å². The van der Waals surface area contributed by atoms with Crippen molar-refractivity contribution in [1.29, 1.82) is 0 Å². The van der Waals surface area contributed by atoms with Crippen LogP contribution in [0.15, 0.2) is 18.2 Å². The molecule has 1 fully saturated rings. The fourth-order valence-electron chi connectivity index (χ4n) is 2.53. The van der Waals surface area contributed by atoms with E-state index in [1.165, 1.54) is 6.92 Å². The lowest BCUT2D eigenvalue weighted by molar-refractivity contribution is -0.244. The summed E-state index contributed by atoms with van der Waals surface area (Å²) in [6.07, 6.45) is -4.67. The molecule has 7 nitrogen and oxygen atoms in total. The molecule has 0 spiro atoms. The minimum absolute atomic E-state index is 0.387. The van der Waals surface area contributed by atoms with E-state index >= 15 is 0 Å². The Morgan fingerprint density at radius 3 is 2.61 bits per heavy atom. The molecule has 23 heavy (non-hydrogen) atoms. The van der Waals surface area contributed by atoms with Gasteiger partial charge in [0, 0.05) is 6.92 Å². The highest BCUT2D eigenvalue weighted by Crippen LogP contribution is 2.27. The molecule has 1 saturated heterocycles. The fourth-order valence-corrected chi connectivity index (χ4v) is 2.53. The molecule has 4 N–H and O–H groups in total. The van der Waals surface area contributed by atoms with Crippen molar-refractivity contribution in [3.05, 3.63) is 29.3 Å². The van der Waals surface area contributed by atoms with E-state index in [9.17, 15) is 20.1 Å². The first kappa shape index (κ1) is 17.7. The van der Waals surface area contributed by atoms with Crippen LogP contribution in [-0.4, -0.2) is 58.5 Å². The third-order valence-corrected chi connectivity index (χ3v) is 3.84. The molecular formula is C16H23NO6. The van der Waals surface area contributed by atoms with Crippen molar-refractivity contribution in [3.63, 3.8) is 0 Å². The summed E-state index contributed by atoms with van der Waals surface area (Å²) in [6, 6.07) is 4.68. The second-order valence-corrected chi connectivity index (χ2v) is 5.82. The predicted molar refractivity (Wildman–Crippen MR) is 81.9 cm³/mol. The Bertz CT molecular complexity index is 564. The summed E-state index contributed by atoms with van der Waals surface area (Å²) in [7, 11) is 0. The Labute approximate surface area is 134 Å². The van der Waals surface area contributed by atoms with Gasteiger partial charge in [0.05, 0.1) is 6.61 Å². The molecule has 0 aliphatic carbocycles. The molecule has 128 valence electrons. The van der Waals surface area contributed by atoms with Crippen molar-refractivity contribution < 1.29 is 29.6 Å². The molecule has 1 aromatic carbocycles. The second-order valence-electron chi connectivity index (χ2n) is 5.82. The number of nitrogens with one attached hydrogen (secondary N) is 1. The van der Waals surface area contributed by atoms with Gasteiger partial charge in [0.15, 0.2) is 0 Å². The van der Waals surface area contributed by atoms with Crippen molar-refractivity contribution in [3.8, 4) is 5.75 Å². The zero-order valence-electron chi connectivity index (χ0n) is 13.4. The molecule has 1 aliphatic rings. The average molecular weight is 325 g/mol. The number of hydrogen-bond acceptors (Lipinski definition) is 6. The number of ether oxygens (including phenoxy) is 2. The van der Waals surface area contributed by atoms with Gasteiger partial charge in [-0.15, -0.1) is 0 Å². The number of hydrogen-bond donors (Lipinski definition) is 4. The van der Waals surface area contributed by atoms with Crippen LogP contribution >= 0.6 is 0 Å². The Kier molecular flexibility index (Phi) is 5.59. The van der Waals surface area contributed by atoms with Crippen molar-refractivity contribution in [2.24, 2.45) is 0 Å². The van der Waals surface area contributed by atoms with Crippen LogP contribution in [0.2, 0.25) is 0 Å². The van der Waals surface area contributed by atoms with E-state index in [2.05, 4.69) is 5.32 Å². The molecule has 2 rings (SSSR count). The third-order valence-electron chi connectivity index (χ3n) is 3.84. The van der Waals surface area contributed by atoms with Crippen LogP contribution in [-0.2, 0) is 9.53 Å². The minimum Gasteiger partial charge on any atom is -0.462 e. The summed E-state index contributed by atoms with van der Waals surface area (Å²) in [5, 5.41) is 32.0. The van der Waals surface area contributed by atoms with Gasteiger partial charge in [-0.25, -0.2) is 0 Å². The molecule has 5 atom stereocenters. The maximum Gasteiger partial charge on any atom is 0.223 e. The monoisotopic (exact) mass is 325 g/mol. The highest BCUT2D eigenvalue weighted by molar-refractivity contribution is 5.73. The lowest BCUT2D eigenvalue weighted by atomic mass is 9.97. The van der Waals surface area contributed by atoms with Gasteiger partial charge < -0.3 is 30.1 Å². The number of aliphatic hydroxyl groups excluding tert-OH is 3. The van der Waals surface area contributed by atoms with E-state index < -0.39 is 37.3 Å². The summed E-state index contributed by atoms with van der Waals surface area (Å²) in [6.45, 7) is 4.60. The zero-order valence-corrected chi connectivity index (χ0v) is 13.4. The molecule has 0 radical (unpaired) electrons. The molecule has 0 unspecified atom stereocenters. The summed E-state index contributed by atoms with van der Waals surface area (Å²) in [5.74, 6) is 0.160. The summed E-state index contributed by atoms with van der Waals surface area (Å²) in [4.78, 5) is 11.4. The van der Waals surface area contributed by atoms with Gasteiger partial charge in [-0.3, -0.25) is 4.79 Å². The van der Waals surface area contributed by atoms with Crippen molar-refractivity contribution in [2.45, 2.75) is 51.4 Å². The molecule has 1 aliphatic heterocycles. The van der Waals surface area contributed by atoms with Gasteiger partial charge in [-0.2, -0.15) is 0 Å². The van der Waals surface area contributed by atoms with Crippen LogP contribution in [0.4, 0.5) is 0 Å². The van der Waals surface area contributed by atoms with E-state index in [0.717, 1.165) is 11.1 Å². The minimum atomic E-state index is -1.32. The lowest BCUT2D eigenvalue weighted by Gasteiger charge is -2.42. The smallest absolute Gasteiger partial charge is 0.223 e. The zero-order chi connectivity index (χ0) is 17.1. The number of rotatable bonds is 4. The summed E-state index contributed by atoms with van der Waals surface area (Å²) in [5.41, 5.74) is 1.85. The SMILES string of the molecule is CC(=O)N[C@@H]1[C@H](Oc2cc(C)ccc2C)O[C@H](CO)[C@@H](O)[C@@H]1O. The van der Waals surface area contributed by atoms with E-state index in [-0.39, 0.29) is 5.91 Å². The fraction of sp³-hybridized carbons (Fsp3) is 0.562. The molecular weight excluding hydrogens is 302 g/mol. The first-order valence-electron chi connectivity index (χ1n) is 7.47. The maximum absolute atomic E-state index is 11.4. The number of carbonyl (C=O) groups is 1. The molecule has 0 saturated carbocycles. The van der Waals surface area contributed by atoms with E-state index in [4.69, 9.17) is 9.47 Å². The molecule has 1 aromatic rings. The lowest BCUT2D eigenvalue weighted by Crippen LogP contribution is -2.65. The molecule has 1 heterocycles. The topological polar surface area (TPSA) is 108 Å². The Morgan fingerprint density at radius 2 is 2.00 bits per heavy atom. The first-order chi connectivity index (χ1) is 10.8. The Hall–Kier alpha value is -1.67. The van der Waals surface area contributed by atoms with E-state index in [1.807, 2.05) is 32.0 Å². The van der Waals surface area contributed by atoms with Crippen LogP contribution in [0, 0.1) is 13.8 Å².